The lowest BCUT2D eigenvalue weighted by Gasteiger charge is -2.00. The van der Waals surface area contributed by atoms with E-state index in [0.717, 1.165) is 16.9 Å². The first-order valence-electron chi connectivity index (χ1n) is 5.52. The molecule has 0 N–H and O–H groups in total. The van der Waals surface area contributed by atoms with Gasteiger partial charge in [0.1, 0.15) is 0 Å². The molecule has 6 heteroatoms. The van der Waals surface area contributed by atoms with E-state index in [1.165, 1.54) is 16.5 Å². The normalized spacial score (nSPS) is 10.7. The van der Waals surface area contributed by atoms with Crippen molar-refractivity contribution >= 4 is 21.9 Å². The first kappa shape index (κ1) is 11.6. The Labute approximate surface area is 112 Å². The highest BCUT2D eigenvalue weighted by Crippen LogP contribution is 2.35. The van der Waals surface area contributed by atoms with Gasteiger partial charge in [-0.25, -0.2) is 0 Å². The largest absolute Gasteiger partial charge is 0.822 e. The smallest absolute Gasteiger partial charge is 0.351 e. The van der Waals surface area contributed by atoms with Crippen LogP contribution in [-0.2, 0) is 0 Å². The predicted octanol–water partition coefficient (Wildman–Crippen LogP) is 2.14. The molecule has 3 aromatic rings. The van der Waals surface area contributed by atoms with Gasteiger partial charge in [0.15, 0.2) is 12.1 Å². The van der Waals surface area contributed by atoms with Gasteiger partial charge in [-0.2, -0.15) is 4.40 Å². The summed E-state index contributed by atoms with van der Waals surface area (Å²) in [5.74, 6) is -0.227. The van der Waals surface area contributed by atoms with Crippen molar-refractivity contribution in [2.24, 2.45) is 0 Å². The predicted molar refractivity (Wildman–Crippen MR) is 69.0 cm³/mol. The number of nitro groups is 1. The number of aromatic nitrogens is 1. The minimum absolute atomic E-state index is 0.0493. The lowest BCUT2D eigenvalue weighted by Crippen LogP contribution is -2.23. The van der Waals surface area contributed by atoms with E-state index >= 15 is 0 Å². The third-order valence-corrected chi connectivity index (χ3v) is 3.99. The van der Waals surface area contributed by atoms with Gasteiger partial charge < -0.3 is 5.11 Å². The van der Waals surface area contributed by atoms with Gasteiger partial charge in [0.2, 0.25) is 0 Å². The molecule has 0 amide bonds. The fourth-order valence-electron chi connectivity index (χ4n) is 1.90. The quantitative estimate of drug-likeness (QED) is 0.407. The van der Waals surface area contributed by atoms with Crippen LogP contribution in [-0.4, -0.2) is 4.92 Å². The van der Waals surface area contributed by atoms with Crippen molar-refractivity contribution in [3.63, 3.8) is 0 Å². The van der Waals surface area contributed by atoms with E-state index in [0.29, 0.717) is 9.71 Å². The van der Waals surface area contributed by atoms with Crippen molar-refractivity contribution in [3.05, 3.63) is 58.8 Å². The first-order chi connectivity index (χ1) is 9.18. The van der Waals surface area contributed by atoms with Crippen molar-refractivity contribution in [1.82, 2.24) is 0 Å². The zero-order valence-corrected chi connectivity index (χ0v) is 10.5. The van der Waals surface area contributed by atoms with Crippen LogP contribution in [0.3, 0.4) is 0 Å². The molecule has 3 rings (SSSR count). The summed E-state index contributed by atoms with van der Waals surface area (Å²) < 4.78 is 1.32. The van der Waals surface area contributed by atoms with E-state index in [2.05, 4.69) is 0 Å². The zero-order valence-electron chi connectivity index (χ0n) is 9.65. The van der Waals surface area contributed by atoms with Crippen LogP contribution in [0, 0.1) is 10.1 Å². The molecule has 0 unspecified atom stereocenters. The Hall–Kier alpha value is -2.47. The van der Waals surface area contributed by atoms with Crippen LogP contribution in [0.2, 0.25) is 0 Å². The van der Waals surface area contributed by atoms with Gasteiger partial charge in [0.25, 0.3) is 0 Å². The van der Waals surface area contributed by atoms with E-state index in [1.54, 1.807) is 6.20 Å². The second-order valence-electron chi connectivity index (χ2n) is 3.93. The standard InChI is InChI=1S/C13H8N2O3S/c16-12-11(9-5-2-1-3-6-9)19-13-10(15(17)18)7-4-8-14(12)13/h1-8H. The molecule has 0 atom stereocenters. The van der Waals surface area contributed by atoms with Gasteiger partial charge in [-0.3, -0.25) is 10.1 Å². The molecule has 0 fully saturated rings. The monoisotopic (exact) mass is 272 g/mol. The molecule has 0 radical (unpaired) electrons. The minimum Gasteiger partial charge on any atom is -0.822 e. The Balaban J connectivity index is 2.32. The van der Waals surface area contributed by atoms with E-state index in [1.807, 2.05) is 30.3 Å². The average molecular weight is 272 g/mol. The molecule has 0 bridgehead atoms. The molecule has 1 aromatic carbocycles. The van der Waals surface area contributed by atoms with Crippen LogP contribution >= 0.6 is 11.3 Å². The molecule has 5 nitrogen and oxygen atoms in total. The van der Waals surface area contributed by atoms with Gasteiger partial charge in [-0.15, -0.1) is 0 Å². The van der Waals surface area contributed by atoms with Gasteiger partial charge in [-0.1, -0.05) is 41.7 Å². The Morgan fingerprint density at radius 2 is 1.84 bits per heavy atom. The summed E-state index contributed by atoms with van der Waals surface area (Å²) in [5.41, 5.74) is 0.724. The van der Waals surface area contributed by atoms with Gasteiger partial charge >= 0.3 is 10.5 Å². The Bertz CT molecular complexity index is 768. The highest BCUT2D eigenvalue weighted by Gasteiger charge is 2.24. The molecule has 0 aliphatic heterocycles. The van der Waals surface area contributed by atoms with Crippen molar-refractivity contribution in [1.29, 1.82) is 0 Å². The highest BCUT2D eigenvalue weighted by molar-refractivity contribution is 7.20. The highest BCUT2D eigenvalue weighted by atomic mass is 32.1. The fraction of sp³-hybridized carbons (Fsp3) is 0. The van der Waals surface area contributed by atoms with Crippen LogP contribution in [0.1, 0.15) is 0 Å². The van der Waals surface area contributed by atoms with E-state index in [9.17, 15) is 15.2 Å². The summed E-state index contributed by atoms with van der Waals surface area (Å²) in [5, 5.41) is 23.2. The number of benzene rings is 1. The Kier molecular flexibility index (Phi) is 2.64. The summed E-state index contributed by atoms with van der Waals surface area (Å²) in [6.07, 6.45) is 1.55. The molecule has 0 saturated heterocycles. The van der Waals surface area contributed by atoms with Crippen LogP contribution in [0.4, 0.5) is 5.69 Å². The minimum atomic E-state index is -0.472. The summed E-state index contributed by atoms with van der Waals surface area (Å²) in [6, 6.07) is 12.1. The molecule has 19 heavy (non-hydrogen) atoms. The maximum absolute atomic E-state index is 12.3. The number of pyridine rings is 1. The summed E-state index contributed by atoms with van der Waals surface area (Å²) in [4.78, 5) is 11.4. The van der Waals surface area contributed by atoms with E-state index in [-0.39, 0.29) is 11.6 Å². The van der Waals surface area contributed by atoms with Crippen molar-refractivity contribution in [2.45, 2.75) is 0 Å². The Morgan fingerprint density at radius 1 is 1.11 bits per heavy atom. The third kappa shape index (κ3) is 1.82. The maximum atomic E-state index is 12.3. The van der Waals surface area contributed by atoms with Gasteiger partial charge in [0.05, 0.1) is 9.80 Å². The molecule has 0 spiro atoms. The molecule has 2 heterocycles. The molecular formula is C13H8N2O3S. The van der Waals surface area contributed by atoms with Crippen molar-refractivity contribution in [3.8, 4) is 16.3 Å². The third-order valence-electron chi connectivity index (χ3n) is 2.77. The Morgan fingerprint density at radius 3 is 2.53 bits per heavy atom. The topological polar surface area (TPSA) is 70.3 Å². The fourth-order valence-corrected chi connectivity index (χ4v) is 3.03. The van der Waals surface area contributed by atoms with Crippen LogP contribution in [0.5, 0.6) is 5.88 Å². The van der Waals surface area contributed by atoms with Crippen molar-refractivity contribution in [2.75, 3.05) is 0 Å². The average Bonchev–Trinajstić information content (AvgIpc) is 2.77. The molecule has 0 aliphatic carbocycles. The second-order valence-corrected chi connectivity index (χ2v) is 4.93. The van der Waals surface area contributed by atoms with E-state index < -0.39 is 4.92 Å². The van der Waals surface area contributed by atoms with Crippen molar-refractivity contribution < 1.29 is 14.4 Å². The summed E-state index contributed by atoms with van der Waals surface area (Å²) in [7, 11) is 0. The number of fused-ring (bicyclic) bond motifs is 1. The molecule has 94 valence electrons. The number of nitrogens with zero attached hydrogens (tertiary/aromatic N) is 2. The summed E-state index contributed by atoms with van der Waals surface area (Å²) >= 11 is 1.14. The number of hydrogen-bond acceptors (Lipinski definition) is 4. The molecular weight excluding hydrogens is 264 g/mol. The number of thiazole rings is 1. The lowest BCUT2D eigenvalue weighted by atomic mass is 10.2. The molecule has 2 aromatic heterocycles. The lowest BCUT2D eigenvalue weighted by molar-refractivity contribution is -0.583. The first-order valence-corrected chi connectivity index (χ1v) is 6.34. The number of rotatable bonds is 2. The number of hydrogen-bond donors (Lipinski definition) is 0. The molecule has 0 aliphatic rings. The second kappa shape index (κ2) is 4.33. The zero-order chi connectivity index (χ0) is 13.4. The van der Waals surface area contributed by atoms with Crippen LogP contribution in [0.25, 0.3) is 15.3 Å². The van der Waals surface area contributed by atoms with Crippen LogP contribution < -0.4 is 9.51 Å². The van der Waals surface area contributed by atoms with Gasteiger partial charge in [0, 0.05) is 12.1 Å². The maximum Gasteiger partial charge on any atom is 0.351 e. The van der Waals surface area contributed by atoms with Crippen LogP contribution in [0.15, 0.2) is 48.7 Å². The summed E-state index contributed by atoms with van der Waals surface area (Å²) in [6.45, 7) is 0. The van der Waals surface area contributed by atoms with Gasteiger partial charge in [-0.05, 0) is 5.56 Å². The molecule has 0 saturated carbocycles. The van der Waals surface area contributed by atoms with E-state index in [4.69, 9.17) is 0 Å². The SMILES string of the molecule is O=[N+]([O-])c1ccc[n+]2c([O-])c(-c3ccccc3)sc12.